The van der Waals surface area contributed by atoms with Crippen molar-refractivity contribution in [2.45, 2.75) is 32.1 Å². The van der Waals surface area contributed by atoms with Gasteiger partial charge in [0.15, 0.2) is 11.5 Å². The maximum atomic E-state index is 13.2. The number of halogens is 3. The van der Waals surface area contributed by atoms with E-state index in [1.165, 1.54) is 0 Å². The van der Waals surface area contributed by atoms with Crippen molar-refractivity contribution in [3.63, 3.8) is 0 Å². The molecular weight excluding hydrogens is 507 g/mol. The van der Waals surface area contributed by atoms with Gasteiger partial charge < -0.3 is 30.7 Å². The van der Waals surface area contributed by atoms with E-state index in [-0.39, 0.29) is 25.1 Å². The molecule has 2 aliphatic rings. The molecule has 10 nitrogen and oxygen atoms in total. The van der Waals surface area contributed by atoms with Gasteiger partial charge in [-0.05, 0) is 49.2 Å². The van der Waals surface area contributed by atoms with E-state index in [1.807, 2.05) is 18.2 Å². The molecule has 0 radical (unpaired) electrons. The van der Waals surface area contributed by atoms with Crippen molar-refractivity contribution < 1.29 is 37.0 Å². The first-order chi connectivity index (χ1) is 18.1. The predicted molar refractivity (Wildman–Crippen MR) is 131 cm³/mol. The largest absolute Gasteiger partial charge is 0.454 e. The van der Waals surface area contributed by atoms with Crippen molar-refractivity contribution in [2.75, 3.05) is 38.3 Å². The molecule has 4 rings (SSSR count). The third kappa shape index (κ3) is 6.85. The van der Waals surface area contributed by atoms with Crippen LogP contribution in [0.5, 0.6) is 11.5 Å². The molecule has 2 aliphatic heterocycles. The second kappa shape index (κ2) is 11.6. The molecule has 204 valence electrons. The first kappa shape index (κ1) is 27.0. The number of benzene rings is 2. The molecule has 4 N–H and O–H groups in total. The smallest absolute Gasteiger partial charge is 0.416 e. The quantitative estimate of drug-likeness (QED) is 0.413. The maximum absolute atomic E-state index is 13.2. The summed E-state index contributed by atoms with van der Waals surface area (Å²) >= 11 is 0. The van der Waals surface area contributed by atoms with Crippen molar-refractivity contribution in [1.82, 2.24) is 20.9 Å². The number of hydrogen-bond acceptors (Lipinski definition) is 6. The third-order valence-corrected chi connectivity index (χ3v) is 6.07. The molecule has 0 bridgehead atoms. The monoisotopic (exact) mass is 535 g/mol. The lowest BCUT2D eigenvalue weighted by Crippen LogP contribution is -2.43. The molecule has 4 amide bonds. The van der Waals surface area contributed by atoms with Gasteiger partial charge in [0.1, 0.15) is 0 Å². The van der Waals surface area contributed by atoms with E-state index < -0.39 is 41.7 Å². The van der Waals surface area contributed by atoms with Gasteiger partial charge in [0.05, 0.1) is 23.4 Å². The fraction of sp³-hybridized carbons (Fsp3) is 0.400. The van der Waals surface area contributed by atoms with E-state index in [4.69, 9.17) is 9.47 Å². The molecule has 0 aliphatic carbocycles. The molecule has 0 saturated carbocycles. The summed E-state index contributed by atoms with van der Waals surface area (Å²) in [5.41, 5.74) is -0.528. The number of ether oxygens (including phenoxy) is 2. The molecule has 0 unspecified atom stereocenters. The highest BCUT2D eigenvalue weighted by Crippen LogP contribution is 2.33. The number of alkyl halides is 3. The summed E-state index contributed by atoms with van der Waals surface area (Å²) in [6.45, 7) is 3.73. The Bertz CT molecular complexity index is 1210. The second-order valence-corrected chi connectivity index (χ2v) is 8.90. The fourth-order valence-corrected chi connectivity index (χ4v) is 4.27. The van der Waals surface area contributed by atoms with Crippen molar-refractivity contribution in [3.05, 3.63) is 53.1 Å². The van der Waals surface area contributed by atoms with Gasteiger partial charge in [0.2, 0.25) is 12.7 Å². The zero-order chi connectivity index (χ0) is 27.3. The van der Waals surface area contributed by atoms with Gasteiger partial charge in [-0.3, -0.25) is 14.5 Å². The number of amides is 4. The Morgan fingerprint density at radius 2 is 1.84 bits per heavy atom. The first-order valence-electron chi connectivity index (χ1n) is 12.1. The van der Waals surface area contributed by atoms with Crippen LogP contribution in [0.3, 0.4) is 0 Å². The van der Waals surface area contributed by atoms with Gasteiger partial charge in [-0.15, -0.1) is 0 Å². The Morgan fingerprint density at radius 1 is 1.05 bits per heavy atom. The van der Waals surface area contributed by atoms with Crippen molar-refractivity contribution in [2.24, 2.45) is 0 Å². The van der Waals surface area contributed by atoms with Crippen LogP contribution >= 0.6 is 0 Å². The number of likely N-dealkylation sites (tertiary alicyclic amines) is 1. The van der Waals surface area contributed by atoms with Crippen LogP contribution in [0, 0.1) is 0 Å². The molecule has 0 spiro atoms. The number of nitrogens with one attached hydrogen (secondary N) is 4. The van der Waals surface area contributed by atoms with E-state index in [1.54, 1.807) is 6.92 Å². The minimum absolute atomic E-state index is 0.114. The summed E-state index contributed by atoms with van der Waals surface area (Å²) in [5, 5.41) is 9.98. The molecule has 1 saturated heterocycles. The fourth-order valence-electron chi connectivity index (χ4n) is 4.27. The number of nitrogens with zero attached hydrogens (tertiary/aromatic N) is 1. The normalized spacial score (nSPS) is 16.7. The lowest BCUT2D eigenvalue weighted by atomic mass is 10.1. The van der Waals surface area contributed by atoms with Crippen LogP contribution in [0.2, 0.25) is 0 Å². The molecule has 2 heterocycles. The Morgan fingerprint density at radius 3 is 2.61 bits per heavy atom. The van der Waals surface area contributed by atoms with E-state index >= 15 is 0 Å². The van der Waals surface area contributed by atoms with Crippen molar-refractivity contribution in [1.29, 1.82) is 0 Å². The highest BCUT2D eigenvalue weighted by molar-refractivity contribution is 6.04. The number of hydrogen-bond donors (Lipinski definition) is 4. The summed E-state index contributed by atoms with van der Waals surface area (Å²) in [4.78, 5) is 39.2. The minimum atomic E-state index is -4.69. The van der Waals surface area contributed by atoms with Crippen LogP contribution in [-0.2, 0) is 17.5 Å². The average molecular weight is 536 g/mol. The topological polar surface area (TPSA) is 121 Å². The van der Waals surface area contributed by atoms with Crippen LogP contribution in [0.4, 0.5) is 23.7 Å². The Balaban J connectivity index is 1.30. The Kier molecular flexibility index (Phi) is 8.25. The lowest BCUT2D eigenvalue weighted by Gasteiger charge is -2.17. The second-order valence-electron chi connectivity index (χ2n) is 8.90. The lowest BCUT2D eigenvalue weighted by molar-refractivity contribution is -0.137. The van der Waals surface area contributed by atoms with Crippen molar-refractivity contribution >= 4 is 23.5 Å². The number of urea groups is 1. The van der Waals surface area contributed by atoms with Crippen LogP contribution < -0.4 is 30.7 Å². The summed E-state index contributed by atoms with van der Waals surface area (Å²) in [6.07, 6.45) is -3.98. The summed E-state index contributed by atoms with van der Waals surface area (Å²) in [6, 6.07) is 7.32. The standard InChI is InChI=1S/C25H28F3N5O5/c1-2-29-24(36)32-19-5-4-16(25(26,27)28)10-18(19)23(35)30-11-22(34)31-17-7-8-33(13-17)12-15-3-6-20-21(9-15)38-14-37-20/h3-6,9-10,17H,2,7-8,11-14H2,1H3,(H,30,35)(H,31,34)(H2,29,32,36)/t17-/m1/s1. The minimum Gasteiger partial charge on any atom is -0.454 e. The molecule has 0 aromatic heterocycles. The van der Waals surface area contributed by atoms with Crippen LogP contribution in [0.15, 0.2) is 36.4 Å². The molecular formula is C25H28F3N5O5. The summed E-state index contributed by atoms with van der Waals surface area (Å²) < 4.78 is 50.3. The SMILES string of the molecule is CCNC(=O)Nc1ccc(C(F)(F)F)cc1C(=O)NCC(=O)N[C@@H]1CCN(Cc2ccc3c(c2)OCO3)C1. The highest BCUT2D eigenvalue weighted by Gasteiger charge is 2.32. The predicted octanol–water partition coefficient (Wildman–Crippen LogP) is 2.70. The molecule has 1 atom stereocenters. The zero-order valence-corrected chi connectivity index (χ0v) is 20.6. The van der Waals surface area contributed by atoms with Crippen LogP contribution in [-0.4, -0.2) is 61.8 Å². The molecule has 1 fully saturated rings. The zero-order valence-electron chi connectivity index (χ0n) is 20.6. The number of fused-ring (bicyclic) bond motifs is 1. The number of rotatable bonds is 8. The summed E-state index contributed by atoms with van der Waals surface area (Å²) in [7, 11) is 0. The van der Waals surface area contributed by atoms with E-state index in [2.05, 4.69) is 26.2 Å². The van der Waals surface area contributed by atoms with Gasteiger partial charge in [0.25, 0.3) is 5.91 Å². The van der Waals surface area contributed by atoms with Crippen LogP contribution in [0.1, 0.15) is 34.8 Å². The van der Waals surface area contributed by atoms with Gasteiger partial charge in [-0.1, -0.05) is 6.07 Å². The van der Waals surface area contributed by atoms with Crippen molar-refractivity contribution in [3.8, 4) is 11.5 Å². The van der Waals surface area contributed by atoms with Gasteiger partial charge in [-0.2, -0.15) is 13.2 Å². The highest BCUT2D eigenvalue weighted by atomic mass is 19.4. The van der Waals surface area contributed by atoms with Gasteiger partial charge in [-0.25, -0.2) is 4.79 Å². The Labute approximate surface area is 216 Å². The molecule has 2 aromatic carbocycles. The van der Waals surface area contributed by atoms with Gasteiger partial charge >= 0.3 is 12.2 Å². The van der Waals surface area contributed by atoms with E-state index in [0.29, 0.717) is 37.1 Å². The summed E-state index contributed by atoms with van der Waals surface area (Å²) in [5.74, 6) is 0.0134. The number of carbonyl (C=O) groups is 3. The number of anilines is 1. The van der Waals surface area contributed by atoms with Gasteiger partial charge in [0, 0.05) is 32.2 Å². The molecule has 38 heavy (non-hydrogen) atoms. The Hall–Kier alpha value is -4.00. The van der Waals surface area contributed by atoms with E-state index in [9.17, 15) is 27.6 Å². The third-order valence-electron chi connectivity index (χ3n) is 6.07. The van der Waals surface area contributed by atoms with E-state index in [0.717, 1.165) is 24.2 Å². The maximum Gasteiger partial charge on any atom is 0.416 e. The van der Waals surface area contributed by atoms with Crippen LogP contribution in [0.25, 0.3) is 0 Å². The molecule has 2 aromatic rings. The molecule has 13 heteroatoms. The average Bonchev–Trinajstić information content (AvgIpc) is 3.51. The first-order valence-corrected chi connectivity index (χ1v) is 12.1. The number of carbonyl (C=O) groups excluding carboxylic acids is 3.